The highest BCUT2D eigenvalue weighted by Crippen LogP contribution is 2.44. The van der Waals surface area contributed by atoms with Gasteiger partial charge in [-0.15, -0.1) is 11.3 Å². The number of thiophene rings is 1. The summed E-state index contributed by atoms with van der Waals surface area (Å²) in [7, 11) is 0.839. The van der Waals surface area contributed by atoms with Gasteiger partial charge >= 0.3 is 6.18 Å². The van der Waals surface area contributed by atoms with Gasteiger partial charge in [0.2, 0.25) is 5.95 Å². The number of likely N-dealkylation sites (tertiary alicyclic amines) is 1. The number of nitrogens with zero attached hydrogens (tertiary/aromatic N) is 7. The first kappa shape index (κ1) is 35.3. The number of alkyl halides is 3. The summed E-state index contributed by atoms with van der Waals surface area (Å²) in [4.78, 5) is 17.2. The van der Waals surface area contributed by atoms with Gasteiger partial charge in [-0.2, -0.15) is 23.4 Å². The molecule has 0 bridgehead atoms. The van der Waals surface area contributed by atoms with E-state index in [-0.39, 0.29) is 10.9 Å². The third-order valence-electron chi connectivity index (χ3n) is 10.8. The maximum absolute atomic E-state index is 13.1. The molecule has 2 aromatic rings. The third kappa shape index (κ3) is 8.09. The van der Waals surface area contributed by atoms with E-state index in [1.807, 2.05) is 6.92 Å². The lowest BCUT2D eigenvalue weighted by molar-refractivity contribution is -0.126. The summed E-state index contributed by atoms with van der Waals surface area (Å²) >= 11 is 1.07. The maximum Gasteiger partial charge on any atom is 0.393 e. The van der Waals surface area contributed by atoms with Crippen molar-refractivity contribution in [3.8, 4) is 6.07 Å². The summed E-state index contributed by atoms with van der Waals surface area (Å²) in [5.74, 6) is 3.10. The normalized spacial score (nSPS) is 27.1. The molecule has 3 aliphatic heterocycles. The van der Waals surface area contributed by atoms with E-state index in [0.717, 1.165) is 102 Å². The number of nitriles is 1. The van der Waals surface area contributed by atoms with E-state index >= 15 is 0 Å². The van der Waals surface area contributed by atoms with Crippen LogP contribution in [-0.2, 0) is 17.4 Å². The summed E-state index contributed by atoms with van der Waals surface area (Å²) in [6.45, 7) is 12.6. The van der Waals surface area contributed by atoms with Gasteiger partial charge in [0.25, 0.3) is 0 Å². The number of allylic oxidation sites excluding steroid dienone is 1. The van der Waals surface area contributed by atoms with Gasteiger partial charge in [-0.3, -0.25) is 4.90 Å². The van der Waals surface area contributed by atoms with Crippen molar-refractivity contribution >= 4 is 44.3 Å². The second-order valence-electron chi connectivity index (χ2n) is 13.7. The third-order valence-corrected chi connectivity index (χ3v) is 13.3. The number of aromatic nitrogens is 2. The van der Waals surface area contributed by atoms with E-state index in [4.69, 9.17) is 0 Å². The van der Waals surface area contributed by atoms with Crippen LogP contribution in [0, 0.1) is 29.1 Å². The summed E-state index contributed by atoms with van der Waals surface area (Å²) < 4.78 is 53.5. The Morgan fingerprint density at radius 3 is 2.48 bits per heavy atom. The van der Waals surface area contributed by atoms with Gasteiger partial charge in [0.15, 0.2) is 0 Å². The van der Waals surface area contributed by atoms with Gasteiger partial charge in [0.05, 0.1) is 22.8 Å². The molecule has 2 N–H and O–H groups in total. The first-order valence-corrected chi connectivity index (χ1v) is 19.4. The Morgan fingerprint density at radius 1 is 1.06 bits per heavy atom. The topological polar surface area (TPSA) is 104 Å². The number of anilines is 2. The number of nitrogens with one attached hydrogen (secondary N) is 2. The molecule has 4 aliphatic rings. The van der Waals surface area contributed by atoms with Gasteiger partial charge in [-0.25, -0.2) is 13.5 Å². The second-order valence-corrected chi connectivity index (χ2v) is 16.5. The van der Waals surface area contributed by atoms with Gasteiger partial charge < -0.3 is 20.4 Å². The number of piperazine rings is 1. The van der Waals surface area contributed by atoms with Crippen molar-refractivity contribution in [1.82, 2.24) is 29.0 Å². The molecule has 48 heavy (non-hydrogen) atoms. The van der Waals surface area contributed by atoms with E-state index < -0.39 is 23.6 Å². The lowest BCUT2D eigenvalue weighted by Gasteiger charge is -2.44. The molecule has 0 amide bonds. The van der Waals surface area contributed by atoms with Crippen LogP contribution in [0.3, 0.4) is 0 Å². The quantitative estimate of drug-likeness (QED) is 0.342. The van der Waals surface area contributed by atoms with Crippen LogP contribution < -0.4 is 10.6 Å². The van der Waals surface area contributed by atoms with Crippen LogP contribution in [0.2, 0.25) is 0 Å². The maximum atomic E-state index is 13.1. The second kappa shape index (κ2) is 15.2. The molecule has 3 fully saturated rings. The highest BCUT2D eigenvalue weighted by molar-refractivity contribution is 7.82. The van der Waals surface area contributed by atoms with Crippen LogP contribution >= 0.6 is 11.3 Å². The lowest BCUT2D eigenvalue weighted by Crippen LogP contribution is -2.50. The molecule has 5 heterocycles. The number of hydrogen-bond donors (Lipinski definition) is 2. The molecule has 10 nitrogen and oxygen atoms in total. The Bertz CT molecular complexity index is 1510. The van der Waals surface area contributed by atoms with Gasteiger partial charge in [-0.05, 0) is 49.7 Å². The molecule has 0 spiro atoms. The number of hydrogen-bond acceptors (Lipinski definition) is 10. The summed E-state index contributed by atoms with van der Waals surface area (Å²) in [5, 5.41) is 17.2. The van der Waals surface area contributed by atoms with Crippen molar-refractivity contribution in [2.45, 2.75) is 64.2 Å². The largest absolute Gasteiger partial charge is 0.393 e. The molecule has 0 aromatic carbocycles. The smallest absolute Gasteiger partial charge is 0.367 e. The highest BCUT2D eigenvalue weighted by Gasteiger charge is 2.44. The zero-order valence-corrected chi connectivity index (χ0v) is 29.8. The molecule has 2 aromatic heterocycles. The zero-order chi connectivity index (χ0) is 34.0. The first-order valence-electron chi connectivity index (χ1n) is 17.3. The average Bonchev–Trinajstić information content (AvgIpc) is 3.65. The molecule has 1 saturated carbocycles. The predicted molar refractivity (Wildman–Crippen MR) is 186 cm³/mol. The van der Waals surface area contributed by atoms with Gasteiger partial charge in [-0.1, -0.05) is 13.8 Å². The average molecular weight is 708 g/mol. The SMILES string of the molecule is CCS(=O)N1CCN(CCN2C(C#N)=CC3C(C)C(CN4CCC(Nc5nc(NC)nc6sc(CC(F)(F)F)cc56)CC4)CCC32)CC1. The zero-order valence-electron chi connectivity index (χ0n) is 28.1. The molecule has 5 unspecified atom stereocenters. The van der Waals surface area contributed by atoms with E-state index in [9.17, 15) is 22.6 Å². The minimum Gasteiger partial charge on any atom is -0.367 e. The highest BCUT2D eigenvalue weighted by atomic mass is 32.2. The molecule has 15 heteroatoms. The molecule has 264 valence electrons. The van der Waals surface area contributed by atoms with E-state index in [0.29, 0.717) is 51.5 Å². The molecule has 0 radical (unpaired) electrons. The Morgan fingerprint density at radius 2 is 1.81 bits per heavy atom. The van der Waals surface area contributed by atoms with Crippen LogP contribution in [0.4, 0.5) is 24.9 Å². The number of halogens is 3. The molecular formula is C33H48F3N9OS2. The predicted octanol–water partition coefficient (Wildman–Crippen LogP) is 4.77. The van der Waals surface area contributed by atoms with Crippen LogP contribution in [-0.4, -0.2) is 123 Å². The number of fused-ring (bicyclic) bond motifs is 2. The molecule has 6 rings (SSSR count). The fourth-order valence-corrected chi connectivity index (χ4v) is 10.1. The van der Waals surface area contributed by atoms with E-state index in [1.54, 1.807) is 13.1 Å². The fourth-order valence-electron chi connectivity index (χ4n) is 8.08. The molecule has 2 saturated heterocycles. The van der Waals surface area contributed by atoms with Gasteiger partial charge in [0.1, 0.15) is 22.4 Å². The van der Waals surface area contributed by atoms with Crippen LogP contribution in [0.15, 0.2) is 17.8 Å². The van der Waals surface area contributed by atoms with E-state index in [2.05, 4.69) is 58.7 Å². The Balaban J connectivity index is 0.999. The monoisotopic (exact) mass is 707 g/mol. The lowest BCUT2D eigenvalue weighted by atomic mass is 9.70. The number of piperidine rings is 1. The van der Waals surface area contributed by atoms with Crippen molar-refractivity contribution in [3.63, 3.8) is 0 Å². The van der Waals surface area contributed by atoms with Crippen LogP contribution in [0.5, 0.6) is 0 Å². The van der Waals surface area contributed by atoms with Crippen LogP contribution in [0.25, 0.3) is 10.2 Å². The van der Waals surface area contributed by atoms with E-state index in [1.165, 1.54) is 0 Å². The van der Waals surface area contributed by atoms with Gasteiger partial charge in [0, 0.05) is 94.6 Å². The van der Waals surface area contributed by atoms with Crippen molar-refractivity contribution in [3.05, 3.63) is 22.7 Å². The molecule has 1 aliphatic carbocycles. The molecular weight excluding hydrogens is 660 g/mol. The fraction of sp³-hybridized carbons (Fsp3) is 0.727. The van der Waals surface area contributed by atoms with Crippen molar-refractivity contribution in [1.29, 1.82) is 5.26 Å². The Hall–Kier alpha value is -2.51. The Labute approximate surface area is 288 Å². The minimum absolute atomic E-state index is 0.185. The summed E-state index contributed by atoms with van der Waals surface area (Å²) in [6, 6.07) is 4.65. The van der Waals surface area contributed by atoms with Crippen molar-refractivity contribution < 1.29 is 17.4 Å². The first-order chi connectivity index (χ1) is 23.0. The number of rotatable bonds is 11. The van der Waals surface area contributed by atoms with Crippen molar-refractivity contribution in [2.24, 2.45) is 17.8 Å². The minimum atomic E-state index is -4.27. The standard InChI is InChI=1S/C33H48F3N9OS2/c1-4-48(46)44-14-11-42(12-15-44)13-16-45-25(20-37)17-27-22(2)23(5-6-29(27)45)21-43-9-7-24(8-10-43)39-30-28-18-26(19-33(34,35)36)47-31(28)41-32(38-3)40-30/h17-18,22-24,27,29H,4-16,19,21H2,1-3H3,(H2,38,39,40,41). The van der Waals surface area contributed by atoms with Crippen molar-refractivity contribution in [2.75, 3.05) is 82.3 Å². The summed E-state index contributed by atoms with van der Waals surface area (Å²) in [5.41, 5.74) is 0.825. The van der Waals surface area contributed by atoms with Crippen LogP contribution in [0.1, 0.15) is 44.4 Å². The Kier molecular flexibility index (Phi) is 11.2. The summed E-state index contributed by atoms with van der Waals surface area (Å²) in [6.07, 6.45) is 1.12. The molecule has 5 atom stereocenters.